The van der Waals surface area contributed by atoms with Crippen LogP contribution in [0.15, 0.2) is 72.8 Å². The van der Waals surface area contributed by atoms with Crippen LogP contribution in [0.5, 0.6) is 0 Å². The summed E-state index contributed by atoms with van der Waals surface area (Å²) in [6, 6.07) is 14.7. The molecule has 0 aliphatic rings. The Kier molecular flexibility index (Phi) is 15.3. The van der Waals surface area contributed by atoms with Crippen LogP contribution in [0.25, 0.3) is 24.3 Å². The SMILES string of the molecule is CCOC(=O)C=Cc1ccc(C=CC(=O)OCC)cc1.COC(=O)C=Cc1ccc(C=CC(=O)OC)cc1. The Balaban J connectivity index is 0.000000382. The summed E-state index contributed by atoms with van der Waals surface area (Å²) in [6.45, 7) is 4.24. The fourth-order valence-electron chi connectivity index (χ4n) is 2.61. The second kappa shape index (κ2) is 18.5. The minimum absolute atomic E-state index is 0.362. The van der Waals surface area contributed by atoms with Crippen molar-refractivity contribution >= 4 is 48.2 Å². The maximum atomic E-state index is 11.2. The fourth-order valence-corrected chi connectivity index (χ4v) is 2.61. The number of esters is 4. The molecule has 0 aromatic heterocycles. The second-order valence-electron chi connectivity index (χ2n) is 7.22. The number of carbonyl (C=O) groups is 4. The van der Waals surface area contributed by atoms with E-state index in [0.29, 0.717) is 13.2 Å². The summed E-state index contributed by atoms with van der Waals surface area (Å²) in [5.74, 6) is -1.52. The monoisotopic (exact) mass is 520 g/mol. The van der Waals surface area contributed by atoms with Crippen molar-refractivity contribution in [2.45, 2.75) is 13.8 Å². The highest BCUT2D eigenvalue weighted by atomic mass is 16.5. The molecule has 8 nitrogen and oxygen atoms in total. The zero-order valence-electron chi connectivity index (χ0n) is 21.9. The largest absolute Gasteiger partial charge is 0.466 e. The lowest BCUT2D eigenvalue weighted by atomic mass is 10.1. The molecule has 2 aromatic carbocycles. The lowest BCUT2D eigenvalue weighted by molar-refractivity contribution is -0.138. The van der Waals surface area contributed by atoms with Gasteiger partial charge in [-0.25, -0.2) is 19.2 Å². The van der Waals surface area contributed by atoms with E-state index in [4.69, 9.17) is 9.47 Å². The number of benzene rings is 2. The van der Waals surface area contributed by atoms with Gasteiger partial charge in [-0.05, 0) is 60.4 Å². The van der Waals surface area contributed by atoms with Crippen molar-refractivity contribution in [3.8, 4) is 0 Å². The van der Waals surface area contributed by atoms with E-state index < -0.39 is 11.9 Å². The van der Waals surface area contributed by atoms with Crippen LogP contribution < -0.4 is 0 Å². The Labute approximate surface area is 222 Å². The van der Waals surface area contributed by atoms with E-state index in [-0.39, 0.29) is 11.9 Å². The molecule has 0 atom stereocenters. The van der Waals surface area contributed by atoms with E-state index >= 15 is 0 Å². The predicted molar refractivity (Wildman–Crippen MR) is 146 cm³/mol. The summed E-state index contributed by atoms with van der Waals surface area (Å²) in [6.07, 6.45) is 12.1. The topological polar surface area (TPSA) is 105 Å². The Morgan fingerprint density at radius 1 is 0.500 bits per heavy atom. The van der Waals surface area contributed by atoms with Gasteiger partial charge in [-0.1, -0.05) is 48.5 Å². The van der Waals surface area contributed by atoms with Gasteiger partial charge in [0, 0.05) is 24.3 Å². The lowest BCUT2D eigenvalue weighted by Gasteiger charge is -1.98. The zero-order valence-corrected chi connectivity index (χ0v) is 21.9. The van der Waals surface area contributed by atoms with E-state index in [9.17, 15) is 19.2 Å². The molecule has 0 aliphatic heterocycles. The smallest absolute Gasteiger partial charge is 0.330 e. The summed E-state index contributed by atoms with van der Waals surface area (Å²) in [5.41, 5.74) is 3.50. The van der Waals surface area contributed by atoms with Gasteiger partial charge in [0.2, 0.25) is 0 Å². The molecule has 0 unspecified atom stereocenters. The van der Waals surface area contributed by atoms with E-state index in [1.54, 1.807) is 38.2 Å². The average molecular weight is 521 g/mol. The first-order valence-electron chi connectivity index (χ1n) is 11.7. The van der Waals surface area contributed by atoms with Crippen LogP contribution in [0.4, 0.5) is 0 Å². The molecule has 0 spiro atoms. The third-order valence-corrected chi connectivity index (χ3v) is 4.50. The second-order valence-corrected chi connectivity index (χ2v) is 7.22. The van der Waals surface area contributed by atoms with Gasteiger partial charge in [0.15, 0.2) is 0 Å². The minimum Gasteiger partial charge on any atom is -0.466 e. The van der Waals surface area contributed by atoms with Crippen LogP contribution >= 0.6 is 0 Å². The Morgan fingerprint density at radius 2 is 0.737 bits per heavy atom. The quantitative estimate of drug-likeness (QED) is 0.248. The number of rotatable bonds is 10. The van der Waals surface area contributed by atoms with Crippen LogP contribution in [0.3, 0.4) is 0 Å². The molecule has 0 amide bonds. The predicted octanol–water partition coefficient (Wildman–Crippen LogP) is 4.90. The van der Waals surface area contributed by atoms with Gasteiger partial charge < -0.3 is 18.9 Å². The van der Waals surface area contributed by atoms with Crippen LogP contribution in [-0.4, -0.2) is 51.3 Å². The Bertz CT molecular complexity index is 1060. The summed E-state index contributed by atoms with van der Waals surface area (Å²) in [5, 5.41) is 0. The summed E-state index contributed by atoms with van der Waals surface area (Å²) in [7, 11) is 2.65. The van der Waals surface area contributed by atoms with Gasteiger partial charge >= 0.3 is 23.9 Å². The van der Waals surface area contributed by atoms with E-state index in [1.165, 1.54) is 38.5 Å². The molecule has 200 valence electrons. The molecule has 0 fully saturated rings. The maximum Gasteiger partial charge on any atom is 0.330 e. The molecular weight excluding hydrogens is 488 g/mol. The molecule has 0 radical (unpaired) electrons. The van der Waals surface area contributed by atoms with E-state index in [2.05, 4.69) is 9.47 Å². The highest BCUT2D eigenvalue weighted by Crippen LogP contribution is 2.09. The van der Waals surface area contributed by atoms with Crippen molar-refractivity contribution in [1.82, 2.24) is 0 Å². The van der Waals surface area contributed by atoms with Crippen molar-refractivity contribution in [3.63, 3.8) is 0 Å². The van der Waals surface area contributed by atoms with Crippen LogP contribution in [0.2, 0.25) is 0 Å². The van der Waals surface area contributed by atoms with Gasteiger partial charge in [-0.3, -0.25) is 0 Å². The van der Waals surface area contributed by atoms with E-state index in [0.717, 1.165) is 22.3 Å². The summed E-state index contributed by atoms with van der Waals surface area (Å²) >= 11 is 0. The van der Waals surface area contributed by atoms with Gasteiger partial charge in [-0.2, -0.15) is 0 Å². The summed E-state index contributed by atoms with van der Waals surface area (Å²) < 4.78 is 18.5. The van der Waals surface area contributed by atoms with Crippen LogP contribution in [0, 0.1) is 0 Å². The molecule has 2 rings (SSSR count). The Morgan fingerprint density at radius 3 is 0.947 bits per heavy atom. The van der Waals surface area contributed by atoms with Gasteiger partial charge in [0.05, 0.1) is 27.4 Å². The van der Waals surface area contributed by atoms with Gasteiger partial charge in [-0.15, -0.1) is 0 Å². The molecule has 8 heteroatoms. The van der Waals surface area contributed by atoms with Crippen LogP contribution in [-0.2, 0) is 38.1 Å². The molecular formula is C30H32O8. The summed E-state index contributed by atoms with van der Waals surface area (Å²) in [4.78, 5) is 44.1. The van der Waals surface area contributed by atoms with Crippen molar-refractivity contribution in [3.05, 3.63) is 95.1 Å². The molecule has 0 saturated carbocycles. The standard InChI is InChI=1S/C16H18O4.C14H14O4/c1-3-19-15(17)11-9-13-5-7-14(8-6-13)10-12-16(18)20-4-2;1-17-13(15)9-7-11-3-5-12(6-4-11)8-10-14(16)18-2/h5-12H,3-4H2,1-2H3;3-10H,1-2H3. The number of carbonyl (C=O) groups excluding carboxylic acids is 4. The van der Waals surface area contributed by atoms with Gasteiger partial charge in [0.25, 0.3) is 0 Å². The lowest BCUT2D eigenvalue weighted by Crippen LogP contribution is -1.98. The molecule has 0 heterocycles. The third kappa shape index (κ3) is 14.0. The fraction of sp³-hybridized carbons (Fsp3) is 0.200. The minimum atomic E-state index is -0.398. The highest BCUT2D eigenvalue weighted by Gasteiger charge is 1.97. The Hall–Kier alpha value is -4.72. The maximum absolute atomic E-state index is 11.2. The number of hydrogen-bond donors (Lipinski definition) is 0. The molecule has 0 N–H and O–H groups in total. The zero-order chi connectivity index (χ0) is 28.2. The first-order valence-corrected chi connectivity index (χ1v) is 11.7. The average Bonchev–Trinajstić information content (AvgIpc) is 2.94. The molecule has 38 heavy (non-hydrogen) atoms. The van der Waals surface area contributed by atoms with Crippen molar-refractivity contribution in [1.29, 1.82) is 0 Å². The van der Waals surface area contributed by atoms with E-state index in [1.807, 2.05) is 48.5 Å². The normalized spacial score (nSPS) is 10.8. The first kappa shape index (κ1) is 31.3. The highest BCUT2D eigenvalue weighted by molar-refractivity contribution is 5.89. The van der Waals surface area contributed by atoms with Crippen molar-refractivity contribution < 1.29 is 38.1 Å². The number of ether oxygens (including phenoxy) is 4. The number of methoxy groups -OCH3 is 2. The molecule has 0 bridgehead atoms. The van der Waals surface area contributed by atoms with Crippen molar-refractivity contribution in [2.24, 2.45) is 0 Å². The molecule has 0 saturated heterocycles. The first-order chi connectivity index (χ1) is 18.3. The van der Waals surface area contributed by atoms with Crippen LogP contribution in [0.1, 0.15) is 36.1 Å². The van der Waals surface area contributed by atoms with Gasteiger partial charge in [0.1, 0.15) is 0 Å². The van der Waals surface area contributed by atoms with Crippen molar-refractivity contribution in [2.75, 3.05) is 27.4 Å². The third-order valence-electron chi connectivity index (χ3n) is 4.50. The molecule has 2 aromatic rings. The number of hydrogen-bond acceptors (Lipinski definition) is 8. The molecule has 0 aliphatic carbocycles.